The summed E-state index contributed by atoms with van der Waals surface area (Å²) >= 11 is 9.50. The van der Waals surface area contributed by atoms with Gasteiger partial charge in [0, 0.05) is 21.6 Å². The maximum atomic E-state index is 11.5. The van der Waals surface area contributed by atoms with Gasteiger partial charge in [0.2, 0.25) is 0 Å². The third-order valence-electron chi connectivity index (χ3n) is 6.61. The summed E-state index contributed by atoms with van der Waals surface area (Å²) < 4.78 is 6.97. The quantitative estimate of drug-likeness (QED) is 0.355. The Balaban J connectivity index is 1.19. The Labute approximate surface area is 218 Å². The van der Waals surface area contributed by atoms with E-state index in [2.05, 4.69) is 37.5 Å². The van der Waals surface area contributed by atoms with Crippen LogP contribution >= 0.6 is 27.5 Å². The van der Waals surface area contributed by atoms with Crippen LogP contribution in [-0.2, 0) is 6.61 Å². The molecule has 2 heterocycles. The van der Waals surface area contributed by atoms with Crippen LogP contribution in [0.5, 0.6) is 5.75 Å². The number of ether oxygens (including phenoxy) is 1. The molecule has 8 heteroatoms. The van der Waals surface area contributed by atoms with Gasteiger partial charge in [-0.1, -0.05) is 45.7 Å². The summed E-state index contributed by atoms with van der Waals surface area (Å²) in [6.07, 6.45) is 1.32. The van der Waals surface area contributed by atoms with Gasteiger partial charge < -0.3 is 20.1 Å². The maximum absolute atomic E-state index is 11.5. The zero-order chi connectivity index (χ0) is 24.4. The summed E-state index contributed by atoms with van der Waals surface area (Å²) in [4.78, 5) is 13.8. The highest BCUT2D eigenvalue weighted by Crippen LogP contribution is 2.36. The van der Waals surface area contributed by atoms with Gasteiger partial charge in [-0.2, -0.15) is 5.32 Å². The van der Waals surface area contributed by atoms with Crippen LogP contribution in [0.3, 0.4) is 0 Å². The molecule has 2 N–H and O–H groups in total. The van der Waals surface area contributed by atoms with Crippen LogP contribution in [0, 0.1) is 0 Å². The van der Waals surface area contributed by atoms with E-state index in [4.69, 9.17) is 16.3 Å². The largest absolute Gasteiger partial charge is 0.489 e. The lowest BCUT2D eigenvalue weighted by atomic mass is 9.89. The van der Waals surface area contributed by atoms with E-state index in [1.807, 2.05) is 54.6 Å². The second kappa shape index (κ2) is 10.6. The van der Waals surface area contributed by atoms with Crippen LogP contribution in [-0.4, -0.2) is 35.7 Å². The van der Waals surface area contributed by atoms with E-state index in [1.54, 1.807) is 0 Å². The summed E-state index contributed by atoms with van der Waals surface area (Å²) in [6.45, 7) is 2.72. The first-order valence-corrected chi connectivity index (χ1v) is 12.9. The van der Waals surface area contributed by atoms with Gasteiger partial charge in [-0.25, -0.2) is 4.79 Å². The van der Waals surface area contributed by atoms with Crippen molar-refractivity contribution < 1.29 is 14.6 Å². The van der Waals surface area contributed by atoms with Gasteiger partial charge in [-0.15, -0.1) is 0 Å². The molecular formula is C27H26BrClN3O3. The average Bonchev–Trinajstić information content (AvgIpc) is 3.24. The molecule has 5 rings (SSSR count). The summed E-state index contributed by atoms with van der Waals surface area (Å²) in [5, 5.41) is 18.6. The number of aliphatic hydroxyl groups is 1. The molecule has 1 unspecified atom stereocenters. The zero-order valence-electron chi connectivity index (χ0n) is 19.1. The molecule has 2 aliphatic rings. The number of likely N-dealkylation sites (tertiary alicyclic amines) is 1. The number of fused-ring (bicyclic) bond motifs is 1. The van der Waals surface area contributed by atoms with Crippen molar-refractivity contribution in [1.29, 1.82) is 0 Å². The van der Waals surface area contributed by atoms with Gasteiger partial charge in [0.1, 0.15) is 12.4 Å². The van der Waals surface area contributed by atoms with Crippen molar-refractivity contribution in [1.82, 2.24) is 10.2 Å². The molecule has 1 atom stereocenters. The summed E-state index contributed by atoms with van der Waals surface area (Å²) in [7, 11) is 0. The Hall–Kier alpha value is -2.58. The van der Waals surface area contributed by atoms with Gasteiger partial charge in [-0.3, -0.25) is 0 Å². The predicted molar refractivity (Wildman–Crippen MR) is 141 cm³/mol. The number of β-amino-alcohol motifs (C(OH)–C–C–N with tert-alkyl or cyclic N) is 1. The van der Waals surface area contributed by atoms with Crippen LogP contribution in [0.15, 0.2) is 65.1 Å². The lowest BCUT2D eigenvalue weighted by Gasteiger charge is -2.33. The minimum atomic E-state index is -0.667. The van der Waals surface area contributed by atoms with Crippen LogP contribution in [0.4, 0.5) is 16.2 Å². The van der Waals surface area contributed by atoms with Crippen molar-refractivity contribution in [3.05, 3.63) is 86.8 Å². The highest BCUT2D eigenvalue weighted by molar-refractivity contribution is 9.10. The van der Waals surface area contributed by atoms with Crippen molar-refractivity contribution in [2.24, 2.45) is 0 Å². The van der Waals surface area contributed by atoms with Gasteiger partial charge in [0.05, 0.1) is 17.5 Å². The minimum absolute atomic E-state index is 0.301. The number of carbonyl (C=O) groups excluding carboxylic acids is 1. The zero-order valence-corrected chi connectivity index (χ0v) is 21.4. The fourth-order valence-corrected chi connectivity index (χ4v) is 5.20. The summed E-state index contributed by atoms with van der Waals surface area (Å²) in [5.74, 6) is 1.10. The number of hydrogen-bond acceptors (Lipinski definition) is 4. The van der Waals surface area contributed by atoms with Crippen molar-refractivity contribution >= 4 is 44.9 Å². The second-order valence-electron chi connectivity index (χ2n) is 9.01. The molecule has 3 aromatic carbocycles. The topological polar surface area (TPSA) is 75.9 Å². The van der Waals surface area contributed by atoms with E-state index >= 15 is 0 Å². The van der Waals surface area contributed by atoms with E-state index in [-0.39, 0.29) is 6.03 Å². The molecular weight excluding hydrogens is 530 g/mol. The highest BCUT2D eigenvalue weighted by atomic mass is 79.9. The second-order valence-corrected chi connectivity index (χ2v) is 10.4. The molecule has 0 aliphatic carbocycles. The highest BCUT2D eigenvalue weighted by Gasteiger charge is 2.26. The number of aliphatic hydroxyl groups excluding tert-OH is 1. The Morgan fingerprint density at radius 1 is 1.11 bits per heavy atom. The van der Waals surface area contributed by atoms with Crippen LogP contribution in [0.1, 0.15) is 41.6 Å². The number of carbonyl (C=O) groups is 1. The van der Waals surface area contributed by atoms with Crippen LogP contribution < -0.4 is 15.4 Å². The molecule has 6 nitrogen and oxygen atoms in total. The third-order valence-corrected chi connectivity index (χ3v) is 7.36. The third kappa shape index (κ3) is 5.81. The van der Waals surface area contributed by atoms with Crippen molar-refractivity contribution in [3.63, 3.8) is 0 Å². The molecule has 35 heavy (non-hydrogen) atoms. The van der Waals surface area contributed by atoms with Crippen LogP contribution in [0.2, 0.25) is 5.02 Å². The van der Waals surface area contributed by atoms with Gasteiger partial charge in [0.25, 0.3) is 0 Å². The van der Waals surface area contributed by atoms with Crippen molar-refractivity contribution in [2.45, 2.75) is 31.5 Å². The Morgan fingerprint density at radius 3 is 2.66 bits per heavy atom. The first kappa shape index (κ1) is 24.1. The average molecular weight is 556 g/mol. The molecule has 1 radical (unpaired) electrons. The fraction of sp³-hybridized carbons (Fsp3) is 0.296. The minimum Gasteiger partial charge on any atom is -0.489 e. The summed E-state index contributed by atoms with van der Waals surface area (Å²) in [5.41, 5.74) is 4.51. The number of rotatable bonds is 7. The lowest BCUT2D eigenvalue weighted by molar-refractivity contribution is 0.0944. The van der Waals surface area contributed by atoms with Crippen LogP contribution in [0.25, 0.3) is 0 Å². The first-order chi connectivity index (χ1) is 16.9. The molecule has 2 amide bonds. The van der Waals surface area contributed by atoms with Gasteiger partial charge in [-0.05, 0) is 85.4 Å². The number of amides is 2. The standard InChI is InChI=1S/C27H26BrClN3O3/c28-20-4-8-26(35-16-17-1-5-21(29)6-2-17)22(14-20)25(33)15-32-11-9-18(10-12-32)19-3-7-23-24(13-19)31-27(34)30-23/h1-8,13-14,18,25,33H,9-12,15-16H2,(H,30,34). The van der Waals surface area contributed by atoms with Crippen molar-refractivity contribution in [3.8, 4) is 5.75 Å². The smallest absolute Gasteiger partial charge is 0.346 e. The molecule has 181 valence electrons. The van der Waals surface area contributed by atoms with E-state index in [0.29, 0.717) is 29.8 Å². The molecule has 1 saturated heterocycles. The molecule has 0 saturated carbocycles. The number of hydrogen-bond donors (Lipinski definition) is 2. The molecule has 0 spiro atoms. The maximum Gasteiger partial charge on any atom is 0.346 e. The van der Waals surface area contributed by atoms with Crippen molar-refractivity contribution in [2.75, 3.05) is 25.0 Å². The predicted octanol–water partition coefficient (Wildman–Crippen LogP) is 6.38. The Kier molecular flexibility index (Phi) is 7.29. The van der Waals surface area contributed by atoms with Gasteiger partial charge >= 0.3 is 6.03 Å². The van der Waals surface area contributed by atoms with E-state index in [1.165, 1.54) is 5.56 Å². The number of urea groups is 1. The van der Waals surface area contributed by atoms with E-state index in [9.17, 15) is 9.90 Å². The SMILES string of the molecule is O=C1[N]c2cc(C3CCN(CC(O)c4cc(Br)ccc4OCc4ccc(Cl)cc4)CC3)ccc2N1. The Bertz CT molecular complexity index is 1210. The number of piperidine rings is 1. The number of nitrogens with zero attached hydrogens (tertiary/aromatic N) is 2. The lowest BCUT2D eigenvalue weighted by Crippen LogP contribution is -2.36. The first-order valence-electron chi connectivity index (χ1n) is 11.7. The number of benzene rings is 3. The number of nitrogens with one attached hydrogen (secondary N) is 1. The summed E-state index contributed by atoms with van der Waals surface area (Å²) in [6, 6.07) is 19.0. The fourth-order valence-electron chi connectivity index (χ4n) is 4.70. The Morgan fingerprint density at radius 2 is 1.89 bits per heavy atom. The normalized spacial score (nSPS) is 16.9. The molecule has 1 fully saturated rings. The number of halogens is 2. The van der Waals surface area contributed by atoms with E-state index in [0.717, 1.165) is 52.9 Å². The monoisotopic (exact) mass is 554 g/mol. The van der Waals surface area contributed by atoms with E-state index < -0.39 is 6.10 Å². The van der Waals surface area contributed by atoms with Gasteiger partial charge in [0.15, 0.2) is 0 Å². The molecule has 3 aromatic rings. The molecule has 2 aliphatic heterocycles. The number of anilines is 1. The molecule has 0 aromatic heterocycles. The molecule has 0 bridgehead atoms.